The summed E-state index contributed by atoms with van der Waals surface area (Å²) in [5.41, 5.74) is 2.56. The first-order valence-corrected chi connectivity index (χ1v) is 13.6. The first-order valence-electron chi connectivity index (χ1n) is 11.6. The van der Waals surface area contributed by atoms with Crippen LogP contribution in [0.1, 0.15) is 44.5 Å². The molecule has 2 aromatic carbocycles. The Kier molecular flexibility index (Phi) is 8.85. The maximum Gasteiger partial charge on any atom is 0.228 e. The number of benzene rings is 2. The van der Waals surface area contributed by atoms with Gasteiger partial charge in [0, 0.05) is 12.6 Å². The second-order valence-corrected chi connectivity index (χ2v) is 11.5. The van der Waals surface area contributed by atoms with Crippen LogP contribution in [0.3, 0.4) is 0 Å². The molecule has 0 fully saturated rings. The molecule has 1 aromatic heterocycles. The molecule has 6 nitrogen and oxygen atoms in total. The Bertz CT molecular complexity index is 1170. The Labute approximate surface area is 208 Å². The minimum absolute atomic E-state index is 0.0856. The molecule has 0 bridgehead atoms. The van der Waals surface area contributed by atoms with Crippen molar-refractivity contribution in [2.45, 2.75) is 57.7 Å². The molecule has 0 saturated carbocycles. The maximum absolute atomic E-state index is 13.4. The van der Waals surface area contributed by atoms with Gasteiger partial charge in [-0.3, -0.25) is 0 Å². The highest BCUT2D eigenvalue weighted by molar-refractivity contribution is 7.90. The van der Waals surface area contributed by atoms with E-state index in [-0.39, 0.29) is 17.0 Å². The molecule has 0 atom stereocenters. The van der Waals surface area contributed by atoms with Gasteiger partial charge in [-0.05, 0) is 43.1 Å². The van der Waals surface area contributed by atoms with Crippen LogP contribution in [0.25, 0.3) is 0 Å². The molecule has 0 radical (unpaired) electrons. The summed E-state index contributed by atoms with van der Waals surface area (Å²) in [7, 11) is -3.66. The number of aromatic nitrogens is 2. The van der Waals surface area contributed by atoms with E-state index in [1.807, 2.05) is 79.1 Å². The first kappa shape index (κ1) is 25.9. The van der Waals surface area contributed by atoms with Crippen LogP contribution < -0.4 is 5.32 Å². The summed E-state index contributed by atoms with van der Waals surface area (Å²) in [6, 6.07) is 19.3. The molecule has 0 unspecified atom stereocenters. The predicted octanol–water partition coefficient (Wildman–Crippen LogP) is 4.65. The van der Waals surface area contributed by atoms with Crippen LogP contribution in [0.15, 0.2) is 72.0 Å². The number of sulfone groups is 1. The third-order valence-electron chi connectivity index (χ3n) is 5.20. The number of thiocarbonyl (C=S) groups is 1. The molecule has 182 valence electrons. The van der Waals surface area contributed by atoms with Crippen LogP contribution in [0.4, 0.5) is 0 Å². The number of rotatable bonds is 10. The van der Waals surface area contributed by atoms with Crippen molar-refractivity contribution in [2.24, 2.45) is 5.92 Å². The number of hydrogen-bond donors (Lipinski definition) is 1. The summed E-state index contributed by atoms with van der Waals surface area (Å²) in [4.78, 5) is 6.51. The van der Waals surface area contributed by atoms with E-state index in [1.54, 1.807) is 6.20 Å². The van der Waals surface area contributed by atoms with Gasteiger partial charge in [0.1, 0.15) is 0 Å². The molecule has 3 aromatic rings. The lowest BCUT2D eigenvalue weighted by molar-refractivity contribution is 0.342. The van der Waals surface area contributed by atoms with Crippen molar-refractivity contribution in [3.63, 3.8) is 0 Å². The van der Waals surface area contributed by atoms with Crippen molar-refractivity contribution in [3.05, 3.63) is 83.7 Å². The molecule has 0 spiro atoms. The van der Waals surface area contributed by atoms with E-state index in [9.17, 15) is 8.42 Å². The van der Waals surface area contributed by atoms with Crippen molar-refractivity contribution in [3.8, 4) is 0 Å². The van der Waals surface area contributed by atoms with Gasteiger partial charge in [-0.1, -0.05) is 74.5 Å². The number of nitrogens with one attached hydrogen (secondary N) is 1. The monoisotopic (exact) mass is 498 g/mol. The Morgan fingerprint density at radius 1 is 1.00 bits per heavy atom. The standard InChI is InChI=1S/C26H34N4O2S2/c1-20(2)16-29(25(33)28-21(3)4)18-24-15-27-26(30(24)17-22-11-7-5-8-12-22)34(31,32)19-23-13-9-6-10-14-23/h5-15,20-21H,16-19H2,1-4H3,(H,28,33). The first-order chi connectivity index (χ1) is 16.2. The lowest BCUT2D eigenvalue weighted by Gasteiger charge is -2.29. The topological polar surface area (TPSA) is 67.2 Å². The van der Waals surface area contributed by atoms with Crippen molar-refractivity contribution >= 4 is 27.2 Å². The Morgan fingerprint density at radius 2 is 1.59 bits per heavy atom. The summed E-state index contributed by atoms with van der Waals surface area (Å²) >= 11 is 5.68. The Hall–Kier alpha value is -2.71. The van der Waals surface area contributed by atoms with Crippen molar-refractivity contribution in [1.29, 1.82) is 0 Å². The molecule has 0 aliphatic rings. The van der Waals surface area contributed by atoms with E-state index in [4.69, 9.17) is 12.2 Å². The fraction of sp³-hybridized carbons (Fsp3) is 0.385. The number of nitrogens with zero attached hydrogens (tertiary/aromatic N) is 3. The molecule has 0 aliphatic heterocycles. The summed E-state index contributed by atoms with van der Waals surface area (Å²) in [6.45, 7) is 10.0. The van der Waals surface area contributed by atoms with E-state index in [2.05, 4.69) is 29.0 Å². The molecule has 0 aliphatic carbocycles. The van der Waals surface area contributed by atoms with Crippen molar-refractivity contribution in [1.82, 2.24) is 19.8 Å². The highest BCUT2D eigenvalue weighted by Crippen LogP contribution is 2.21. The normalized spacial score (nSPS) is 11.7. The molecule has 8 heteroatoms. The minimum atomic E-state index is -3.66. The summed E-state index contributed by atoms with van der Waals surface area (Å²) in [5.74, 6) is 0.293. The summed E-state index contributed by atoms with van der Waals surface area (Å²) < 4.78 is 28.7. The zero-order valence-corrected chi connectivity index (χ0v) is 21.9. The zero-order chi connectivity index (χ0) is 24.7. The second-order valence-electron chi connectivity index (χ2n) is 9.23. The molecule has 0 saturated heterocycles. The van der Waals surface area contributed by atoms with Gasteiger partial charge < -0.3 is 14.8 Å². The minimum Gasteiger partial charge on any atom is -0.360 e. The van der Waals surface area contributed by atoms with Gasteiger partial charge in [0.05, 0.1) is 30.7 Å². The summed E-state index contributed by atoms with van der Waals surface area (Å²) in [5, 5.41) is 4.06. The summed E-state index contributed by atoms with van der Waals surface area (Å²) in [6.07, 6.45) is 1.67. The number of imidazole rings is 1. The van der Waals surface area contributed by atoms with E-state index in [1.165, 1.54) is 0 Å². The van der Waals surface area contributed by atoms with Gasteiger partial charge in [0.15, 0.2) is 5.11 Å². The van der Waals surface area contributed by atoms with Crippen LogP contribution in [0, 0.1) is 5.92 Å². The van der Waals surface area contributed by atoms with Crippen LogP contribution in [-0.4, -0.2) is 40.6 Å². The molecule has 0 amide bonds. The largest absolute Gasteiger partial charge is 0.360 e. The average molecular weight is 499 g/mol. The average Bonchev–Trinajstić information content (AvgIpc) is 3.16. The lowest BCUT2D eigenvalue weighted by Crippen LogP contribution is -2.44. The van der Waals surface area contributed by atoms with Crippen LogP contribution >= 0.6 is 12.2 Å². The molecule has 34 heavy (non-hydrogen) atoms. The molecule has 1 N–H and O–H groups in total. The van der Waals surface area contributed by atoms with E-state index in [0.29, 0.717) is 24.1 Å². The van der Waals surface area contributed by atoms with Gasteiger partial charge in [-0.2, -0.15) is 0 Å². The fourth-order valence-corrected chi connectivity index (χ4v) is 5.62. The van der Waals surface area contributed by atoms with Crippen LogP contribution in [-0.2, 0) is 28.7 Å². The fourth-order valence-electron chi connectivity index (χ4n) is 3.75. The van der Waals surface area contributed by atoms with Gasteiger partial charge in [-0.25, -0.2) is 13.4 Å². The third kappa shape index (κ3) is 7.14. The van der Waals surface area contributed by atoms with E-state index < -0.39 is 9.84 Å². The Morgan fingerprint density at radius 3 is 2.15 bits per heavy atom. The Balaban J connectivity index is 1.99. The molecule has 3 rings (SSSR count). The van der Waals surface area contributed by atoms with Crippen LogP contribution in [0.2, 0.25) is 0 Å². The van der Waals surface area contributed by atoms with E-state index >= 15 is 0 Å². The third-order valence-corrected chi connectivity index (χ3v) is 7.17. The zero-order valence-electron chi connectivity index (χ0n) is 20.3. The van der Waals surface area contributed by atoms with Gasteiger partial charge in [0.2, 0.25) is 15.0 Å². The van der Waals surface area contributed by atoms with Gasteiger partial charge >= 0.3 is 0 Å². The second kappa shape index (κ2) is 11.6. The van der Waals surface area contributed by atoms with Crippen LogP contribution in [0.5, 0.6) is 0 Å². The molecular formula is C26H34N4O2S2. The SMILES string of the molecule is CC(C)CN(Cc1cnc(S(=O)(=O)Cc2ccccc2)n1Cc1ccccc1)C(=S)NC(C)C. The number of hydrogen-bond acceptors (Lipinski definition) is 4. The molecular weight excluding hydrogens is 464 g/mol. The van der Waals surface area contributed by atoms with Gasteiger partial charge in [-0.15, -0.1) is 0 Å². The quantitative estimate of drug-likeness (QED) is 0.411. The van der Waals surface area contributed by atoms with Gasteiger partial charge in [0.25, 0.3) is 0 Å². The lowest BCUT2D eigenvalue weighted by atomic mass is 10.2. The highest BCUT2D eigenvalue weighted by Gasteiger charge is 2.25. The molecule has 1 heterocycles. The predicted molar refractivity (Wildman–Crippen MR) is 141 cm³/mol. The van der Waals surface area contributed by atoms with E-state index in [0.717, 1.165) is 23.4 Å². The highest BCUT2D eigenvalue weighted by atomic mass is 32.2. The van der Waals surface area contributed by atoms with Crippen molar-refractivity contribution in [2.75, 3.05) is 6.54 Å². The maximum atomic E-state index is 13.4. The van der Waals surface area contributed by atoms with Crippen molar-refractivity contribution < 1.29 is 8.42 Å². The smallest absolute Gasteiger partial charge is 0.228 e.